The highest BCUT2D eigenvalue weighted by molar-refractivity contribution is 5.78. The molecule has 1 aromatic carbocycles. The fourth-order valence-corrected chi connectivity index (χ4v) is 2.40. The van der Waals surface area contributed by atoms with Crippen LogP contribution in [0.3, 0.4) is 0 Å². The van der Waals surface area contributed by atoms with Gasteiger partial charge in [0.1, 0.15) is 12.4 Å². The van der Waals surface area contributed by atoms with Gasteiger partial charge >= 0.3 is 0 Å². The summed E-state index contributed by atoms with van der Waals surface area (Å²) in [6, 6.07) is 7.79. The molecule has 1 saturated heterocycles. The molecule has 0 aliphatic carbocycles. The number of ether oxygens (including phenoxy) is 2. The van der Waals surface area contributed by atoms with Crippen molar-refractivity contribution in [3.63, 3.8) is 0 Å². The first-order valence-electron chi connectivity index (χ1n) is 7.48. The highest BCUT2D eigenvalue weighted by Crippen LogP contribution is 2.14. The Morgan fingerprint density at radius 1 is 1.43 bits per heavy atom. The van der Waals surface area contributed by atoms with E-state index in [2.05, 4.69) is 10.6 Å². The fourth-order valence-electron chi connectivity index (χ4n) is 2.40. The van der Waals surface area contributed by atoms with Crippen molar-refractivity contribution in [3.8, 4) is 5.75 Å². The average Bonchev–Trinajstić information content (AvgIpc) is 2.54. The number of carbonyl (C=O) groups is 1. The number of methoxy groups -OCH3 is 1. The van der Waals surface area contributed by atoms with Crippen LogP contribution in [0.1, 0.15) is 18.4 Å². The Kier molecular flexibility index (Phi) is 6.50. The van der Waals surface area contributed by atoms with E-state index in [0.717, 1.165) is 37.2 Å². The Balaban J connectivity index is 1.79. The van der Waals surface area contributed by atoms with Crippen molar-refractivity contribution in [2.75, 3.05) is 33.4 Å². The summed E-state index contributed by atoms with van der Waals surface area (Å²) in [5, 5.41) is 6.26. The third kappa shape index (κ3) is 5.36. The van der Waals surface area contributed by atoms with Crippen LogP contribution in [0.4, 0.5) is 0 Å². The van der Waals surface area contributed by atoms with Crippen molar-refractivity contribution in [2.24, 2.45) is 5.92 Å². The zero-order valence-corrected chi connectivity index (χ0v) is 12.6. The SMILES string of the molecule is COCCOc1cccc(CNC(=O)C2CCCNC2)c1. The predicted molar refractivity (Wildman–Crippen MR) is 81.3 cm³/mol. The molecule has 0 aromatic heterocycles. The maximum Gasteiger partial charge on any atom is 0.224 e. The van der Waals surface area contributed by atoms with Crippen LogP contribution in [0.15, 0.2) is 24.3 Å². The molecular formula is C16H24N2O3. The van der Waals surface area contributed by atoms with Gasteiger partial charge in [0, 0.05) is 20.2 Å². The first kappa shape index (κ1) is 15.8. The molecular weight excluding hydrogens is 268 g/mol. The van der Waals surface area contributed by atoms with Gasteiger partial charge in [-0.15, -0.1) is 0 Å². The fraction of sp³-hybridized carbons (Fsp3) is 0.562. The Labute approximate surface area is 126 Å². The highest BCUT2D eigenvalue weighted by atomic mass is 16.5. The maximum atomic E-state index is 12.1. The molecule has 0 saturated carbocycles. The third-order valence-corrected chi connectivity index (χ3v) is 3.59. The van der Waals surface area contributed by atoms with Crippen LogP contribution in [0, 0.1) is 5.92 Å². The molecule has 116 valence electrons. The molecule has 1 aliphatic rings. The van der Waals surface area contributed by atoms with E-state index in [0.29, 0.717) is 19.8 Å². The Bertz CT molecular complexity index is 445. The number of rotatable bonds is 7. The van der Waals surface area contributed by atoms with Gasteiger partial charge in [-0.05, 0) is 37.1 Å². The van der Waals surface area contributed by atoms with E-state index in [9.17, 15) is 4.79 Å². The summed E-state index contributed by atoms with van der Waals surface area (Å²) in [6.07, 6.45) is 2.04. The lowest BCUT2D eigenvalue weighted by Gasteiger charge is -2.21. The lowest BCUT2D eigenvalue weighted by atomic mass is 9.99. The van der Waals surface area contributed by atoms with Crippen LogP contribution in [-0.2, 0) is 16.1 Å². The van der Waals surface area contributed by atoms with Crippen LogP contribution in [0.25, 0.3) is 0 Å². The van der Waals surface area contributed by atoms with Gasteiger partial charge in [0.2, 0.25) is 5.91 Å². The summed E-state index contributed by atoms with van der Waals surface area (Å²) < 4.78 is 10.5. The molecule has 1 fully saturated rings. The van der Waals surface area contributed by atoms with Gasteiger partial charge in [-0.1, -0.05) is 12.1 Å². The molecule has 1 amide bonds. The molecule has 2 rings (SSSR count). The van der Waals surface area contributed by atoms with Crippen molar-refractivity contribution in [3.05, 3.63) is 29.8 Å². The second kappa shape index (κ2) is 8.64. The smallest absolute Gasteiger partial charge is 0.224 e. The minimum absolute atomic E-state index is 0.0971. The summed E-state index contributed by atoms with van der Waals surface area (Å²) >= 11 is 0. The minimum atomic E-state index is 0.0971. The van der Waals surface area contributed by atoms with Crippen LogP contribution < -0.4 is 15.4 Å². The van der Waals surface area contributed by atoms with Gasteiger partial charge in [-0.3, -0.25) is 4.79 Å². The van der Waals surface area contributed by atoms with E-state index in [1.807, 2.05) is 24.3 Å². The van der Waals surface area contributed by atoms with Crippen LogP contribution in [0.5, 0.6) is 5.75 Å². The predicted octanol–water partition coefficient (Wildman–Crippen LogP) is 1.33. The molecule has 21 heavy (non-hydrogen) atoms. The molecule has 0 spiro atoms. The molecule has 1 unspecified atom stereocenters. The minimum Gasteiger partial charge on any atom is -0.491 e. The molecule has 1 aromatic rings. The second-order valence-electron chi connectivity index (χ2n) is 5.25. The van der Waals surface area contributed by atoms with E-state index in [1.54, 1.807) is 7.11 Å². The summed E-state index contributed by atoms with van der Waals surface area (Å²) in [4.78, 5) is 12.1. The topological polar surface area (TPSA) is 59.6 Å². The van der Waals surface area contributed by atoms with E-state index < -0.39 is 0 Å². The normalized spacial score (nSPS) is 18.2. The number of piperidine rings is 1. The molecule has 2 N–H and O–H groups in total. The first-order chi connectivity index (χ1) is 10.3. The zero-order valence-electron chi connectivity index (χ0n) is 12.6. The maximum absolute atomic E-state index is 12.1. The molecule has 5 heteroatoms. The summed E-state index contributed by atoms with van der Waals surface area (Å²) in [5.74, 6) is 1.03. The van der Waals surface area contributed by atoms with Crippen LogP contribution in [0.2, 0.25) is 0 Å². The zero-order chi connectivity index (χ0) is 14.9. The van der Waals surface area contributed by atoms with Crippen molar-refractivity contribution >= 4 is 5.91 Å². The standard InChI is InChI=1S/C16H24N2O3/c1-20-8-9-21-15-6-2-4-13(10-15)11-18-16(19)14-5-3-7-17-12-14/h2,4,6,10,14,17H,3,5,7-9,11-12H2,1H3,(H,18,19). The molecule has 0 bridgehead atoms. The van der Waals surface area contributed by atoms with Gasteiger partial charge < -0.3 is 20.1 Å². The first-order valence-corrected chi connectivity index (χ1v) is 7.48. The highest BCUT2D eigenvalue weighted by Gasteiger charge is 2.20. The van der Waals surface area contributed by atoms with Gasteiger partial charge in [0.15, 0.2) is 0 Å². The number of carbonyl (C=O) groups excluding carboxylic acids is 1. The Hall–Kier alpha value is -1.59. The van der Waals surface area contributed by atoms with Gasteiger partial charge in [0.05, 0.1) is 12.5 Å². The molecule has 0 radical (unpaired) electrons. The molecule has 5 nitrogen and oxygen atoms in total. The molecule has 1 atom stereocenters. The lowest BCUT2D eigenvalue weighted by Crippen LogP contribution is -2.40. The molecule has 1 aliphatic heterocycles. The van der Waals surface area contributed by atoms with E-state index in [1.165, 1.54) is 0 Å². The van der Waals surface area contributed by atoms with E-state index >= 15 is 0 Å². The number of nitrogens with one attached hydrogen (secondary N) is 2. The lowest BCUT2D eigenvalue weighted by molar-refractivity contribution is -0.125. The quantitative estimate of drug-likeness (QED) is 0.744. The number of amides is 1. The monoisotopic (exact) mass is 292 g/mol. The summed E-state index contributed by atoms with van der Waals surface area (Å²) in [6.45, 7) is 3.43. The largest absolute Gasteiger partial charge is 0.491 e. The van der Waals surface area contributed by atoms with Crippen LogP contribution >= 0.6 is 0 Å². The Morgan fingerprint density at radius 3 is 3.10 bits per heavy atom. The van der Waals surface area contributed by atoms with Gasteiger partial charge in [-0.2, -0.15) is 0 Å². The van der Waals surface area contributed by atoms with E-state index in [-0.39, 0.29) is 11.8 Å². The van der Waals surface area contributed by atoms with Gasteiger partial charge in [-0.25, -0.2) is 0 Å². The van der Waals surface area contributed by atoms with Crippen molar-refractivity contribution in [2.45, 2.75) is 19.4 Å². The second-order valence-corrected chi connectivity index (χ2v) is 5.25. The third-order valence-electron chi connectivity index (χ3n) is 3.59. The number of benzene rings is 1. The van der Waals surface area contributed by atoms with Crippen molar-refractivity contribution < 1.29 is 14.3 Å². The Morgan fingerprint density at radius 2 is 2.33 bits per heavy atom. The van der Waals surface area contributed by atoms with Crippen LogP contribution in [-0.4, -0.2) is 39.3 Å². The number of hydrogen-bond acceptors (Lipinski definition) is 4. The van der Waals surface area contributed by atoms with Crippen molar-refractivity contribution in [1.29, 1.82) is 0 Å². The summed E-state index contributed by atoms with van der Waals surface area (Å²) in [7, 11) is 1.65. The van der Waals surface area contributed by atoms with Gasteiger partial charge in [0.25, 0.3) is 0 Å². The number of hydrogen-bond donors (Lipinski definition) is 2. The average molecular weight is 292 g/mol. The summed E-state index contributed by atoms with van der Waals surface area (Å²) in [5.41, 5.74) is 1.04. The van der Waals surface area contributed by atoms with E-state index in [4.69, 9.17) is 9.47 Å². The molecule has 1 heterocycles. The van der Waals surface area contributed by atoms with Crippen molar-refractivity contribution in [1.82, 2.24) is 10.6 Å².